The van der Waals surface area contributed by atoms with Gasteiger partial charge in [-0.3, -0.25) is 4.79 Å². The molecular weight excluding hydrogens is 188 g/mol. The summed E-state index contributed by atoms with van der Waals surface area (Å²) in [6.45, 7) is 9.36. The molecule has 90 valence electrons. The van der Waals surface area contributed by atoms with Crippen LogP contribution in [0.2, 0.25) is 0 Å². The number of carbonyl (C=O) groups excluding carboxylic acids is 1. The number of hydrogen-bond acceptors (Lipinski definition) is 2. The lowest BCUT2D eigenvalue weighted by molar-refractivity contribution is -0.131. The molecule has 0 aliphatic carbocycles. The van der Waals surface area contributed by atoms with Gasteiger partial charge in [0.2, 0.25) is 5.91 Å². The Morgan fingerprint density at radius 1 is 1.33 bits per heavy atom. The van der Waals surface area contributed by atoms with E-state index in [1.54, 1.807) is 0 Å². The fourth-order valence-corrected chi connectivity index (χ4v) is 1.33. The molecule has 0 fully saturated rings. The lowest BCUT2D eigenvalue weighted by Gasteiger charge is -2.23. The fourth-order valence-electron chi connectivity index (χ4n) is 1.33. The van der Waals surface area contributed by atoms with Gasteiger partial charge in [0, 0.05) is 25.6 Å². The third-order valence-corrected chi connectivity index (χ3v) is 2.77. The van der Waals surface area contributed by atoms with Crippen molar-refractivity contribution in [3.8, 4) is 0 Å². The number of rotatable bonds is 7. The Morgan fingerprint density at radius 2 is 1.93 bits per heavy atom. The van der Waals surface area contributed by atoms with Crippen LogP contribution in [0, 0.1) is 0 Å². The van der Waals surface area contributed by atoms with E-state index >= 15 is 0 Å². The molecule has 1 amide bonds. The maximum absolute atomic E-state index is 11.7. The first-order valence-electron chi connectivity index (χ1n) is 5.98. The minimum atomic E-state index is 0.259. The van der Waals surface area contributed by atoms with E-state index in [1.165, 1.54) is 0 Å². The van der Waals surface area contributed by atoms with Crippen LogP contribution in [-0.2, 0) is 4.79 Å². The standard InChI is InChI=1S/C12H26N2O/c1-6-11(4)14(5)12(15)8-7-9-13-10(2)3/h10-11,13H,6-9H2,1-5H3. The molecular formula is C12H26N2O. The van der Waals surface area contributed by atoms with E-state index in [1.807, 2.05) is 11.9 Å². The van der Waals surface area contributed by atoms with Gasteiger partial charge in [0.15, 0.2) is 0 Å². The third-order valence-electron chi connectivity index (χ3n) is 2.77. The summed E-state index contributed by atoms with van der Waals surface area (Å²) in [6, 6.07) is 0.864. The van der Waals surface area contributed by atoms with Gasteiger partial charge in [-0.25, -0.2) is 0 Å². The summed E-state index contributed by atoms with van der Waals surface area (Å²) in [5, 5.41) is 3.31. The Labute approximate surface area is 94.2 Å². The van der Waals surface area contributed by atoms with Crippen LogP contribution in [0.5, 0.6) is 0 Å². The van der Waals surface area contributed by atoms with Gasteiger partial charge in [0.25, 0.3) is 0 Å². The van der Waals surface area contributed by atoms with Crippen molar-refractivity contribution < 1.29 is 4.79 Å². The molecule has 0 aromatic carbocycles. The molecule has 3 nitrogen and oxygen atoms in total. The smallest absolute Gasteiger partial charge is 0.222 e. The first kappa shape index (κ1) is 14.4. The molecule has 0 aliphatic heterocycles. The number of amides is 1. The Morgan fingerprint density at radius 3 is 2.40 bits per heavy atom. The summed E-state index contributed by atoms with van der Waals surface area (Å²) in [5.74, 6) is 0.259. The largest absolute Gasteiger partial charge is 0.343 e. The van der Waals surface area contributed by atoms with Crippen molar-refractivity contribution in [2.75, 3.05) is 13.6 Å². The first-order chi connectivity index (χ1) is 6.99. The van der Waals surface area contributed by atoms with Crippen LogP contribution < -0.4 is 5.32 Å². The average molecular weight is 214 g/mol. The minimum Gasteiger partial charge on any atom is -0.343 e. The number of hydrogen-bond donors (Lipinski definition) is 1. The first-order valence-corrected chi connectivity index (χ1v) is 5.98. The van der Waals surface area contributed by atoms with Crippen LogP contribution in [-0.4, -0.2) is 36.5 Å². The zero-order chi connectivity index (χ0) is 11.8. The lowest BCUT2D eigenvalue weighted by Crippen LogP contribution is -2.35. The van der Waals surface area contributed by atoms with E-state index in [4.69, 9.17) is 0 Å². The SMILES string of the molecule is CCC(C)N(C)C(=O)CCCNC(C)C. The summed E-state index contributed by atoms with van der Waals surface area (Å²) < 4.78 is 0. The van der Waals surface area contributed by atoms with Crippen molar-refractivity contribution in [1.82, 2.24) is 10.2 Å². The highest BCUT2D eigenvalue weighted by molar-refractivity contribution is 5.76. The molecule has 0 rings (SSSR count). The molecule has 0 spiro atoms. The second-order valence-corrected chi connectivity index (χ2v) is 4.47. The minimum absolute atomic E-state index is 0.259. The molecule has 1 unspecified atom stereocenters. The summed E-state index contributed by atoms with van der Waals surface area (Å²) in [6.07, 6.45) is 2.60. The summed E-state index contributed by atoms with van der Waals surface area (Å²) in [4.78, 5) is 13.5. The van der Waals surface area contributed by atoms with Crippen LogP contribution in [0.3, 0.4) is 0 Å². The molecule has 0 aromatic rings. The topological polar surface area (TPSA) is 32.3 Å². The maximum atomic E-state index is 11.7. The highest BCUT2D eigenvalue weighted by Gasteiger charge is 2.12. The normalized spacial score (nSPS) is 12.9. The van der Waals surface area contributed by atoms with Gasteiger partial charge >= 0.3 is 0 Å². The van der Waals surface area contributed by atoms with E-state index in [9.17, 15) is 4.79 Å². The predicted octanol–water partition coefficient (Wildman–Crippen LogP) is 2.02. The van der Waals surface area contributed by atoms with Crippen molar-refractivity contribution in [1.29, 1.82) is 0 Å². The molecule has 0 saturated heterocycles. The quantitative estimate of drug-likeness (QED) is 0.658. The highest BCUT2D eigenvalue weighted by Crippen LogP contribution is 2.03. The molecule has 0 heterocycles. The van der Waals surface area contributed by atoms with Crippen molar-refractivity contribution >= 4 is 5.91 Å². The molecule has 1 N–H and O–H groups in total. The summed E-state index contributed by atoms with van der Waals surface area (Å²) in [5.41, 5.74) is 0. The fraction of sp³-hybridized carbons (Fsp3) is 0.917. The monoisotopic (exact) mass is 214 g/mol. The molecule has 3 heteroatoms. The summed E-state index contributed by atoms with van der Waals surface area (Å²) in [7, 11) is 1.90. The Kier molecular flexibility index (Phi) is 7.39. The van der Waals surface area contributed by atoms with Gasteiger partial charge in [-0.15, -0.1) is 0 Å². The average Bonchev–Trinajstić information content (AvgIpc) is 2.21. The second kappa shape index (κ2) is 7.69. The molecule has 15 heavy (non-hydrogen) atoms. The van der Waals surface area contributed by atoms with Crippen LogP contribution in [0.25, 0.3) is 0 Å². The van der Waals surface area contributed by atoms with Crippen LogP contribution in [0.1, 0.15) is 47.0 Å². The van der Waals surface area contributed by atoms with E-state index in [0.29, 0.717) is 18.5 Å². The Hall–Kier alpha value is -0.570. The zero-order valence-electron chi connectivity index (χ0n) is 10.8. The lowest BCUT2D eigenvalue weighted by atomic mass is 10.2. The number of nitrogens with zero attached hydrogens (tertiary/aromatic N) is 1. The third kappa shape index (κ3) is 6.50. The van der Waals surface area contributed by atoms with E-state index in [0.717, 1.165) is 19.4 Å². The predicted molar refractivity (Wildman–Crippen MR) is 64.9 cm³/mol. The van der Waals surface area contributed by atoms with Crippen LogP contribution in [0.15, 0.2) is 0 Å². The van der Waals surface area contributed by atoms with Crippen molar-refractivity contribution in [3.05, 3.63) is 0 Å². The number of carbonyl (C=O) groups is 1. The maximum Gasteiger partial charge on any atom is 0.222 e. The van der Waals surface area contributed by atoms with E-state index < -0.39 is 0 Å². The Balaban J connectivity index is 3.65. The van der Waals surface area contributed by atoms with Gasteiger partial charge in [0.05, 0.1) is 0 Å². The van der Waals surface area contributed by atoms with E-state index in [2.05, 4.69) is 33.0 Å². The Bertz CT molecular complexity index is 180. The molecule has 0 saturated carbocycles. The van der Waals surface area contributed by atoms with E-state index in [-0.39, 0.29) is 5.91 Å². The van der Waals surface area contributed by atoms with Gasteiger partial charge in [0.1, 0.15) is 0 Å². The van der Waals surface area contributed by atoms with Crippen molar-refractivity contribution in [2.24, 2.45) is 0 Å². The van der Waals surface area contributed by atoms with Crippen LogP contribution >= 0.6 is 0 Å². The second-order valence-electron chi connectivity index (χ2n) is 4.47. The number of nitrogens with one attached hydrogen (secondary N) is 1. The van der Waals surface area contributed by atoms with Gasteiger partial charge in [-0.2, -0.15) is 0 Å². The molecule has 0 aliphatic rings. The molecule has 0 aromatic heterocycles. The van der Waals surface area contributed by atoms with Crippen molar-refractivity contribution in [3.63, 3.8) is 0 Å². The van der Waals surface area contributed by atoms with Crippen LogP contribution in [0.4, 0.5) is 0 Å². The highest BCUT2D eigenvalue weighted by atomic mass is 16.2. The van der Waals surface area contributed by atoms with Gasteiger partial charge in [-0.1, -0.05) is 20.8 Å². The zero-order valence-corrected chi connectivity index (χ0v) is 10.8. The van der Waals surface area contributed by atoms with Gasteiger partial charge < -0.3 is 10.2 Å². The molecule has 0 radical (unpaired) electrons. The molecule has 1 atom stereocenters. The molecule has 0 bridgehead atoms. The van der Waals surface area contributed by atoms with Gasteiger partial charge in [-0.05, 0) is 26.3 Å². The van der Waals surface area contributed by atoms with Crippen molar-refractivity contribution in [2.45, 2.75) is 59.0 Å². The summed E-state index contributed by atoms with van der Waals surface area (Å²) >= 11 is 0.